The molecule has 7 nitrogen and oxygen atoms in total. The number of hydrogen-bond acceptors (Lipinski definition) is 5. The van der Waals surface area contributed by atoms with Crippen molar-refractivity contribution in [1.82, 2.24) is 10.3 Å². The molecule has 5 rings (SSSR count). The number of furan rings is 1. The third-order valence-corrected chi connectivity index (χ3v) is 6.40. The summed E-state index contributed by atoms with van der Waals surface area (Å²) in [5.41, 5.74) is 3.59. The van der Waals surface area contributed by atoms with Crippen molar-refractivity contribution in [2.45, 2.75) is 19.0 Å². The molecule has 0 spiro atoms. The molecular weight excluding hydrogens is 462 g/mol. The Bertz CT molecular complexity index is 1400. The van der Waals surface area contributed by atoms with E-state index in [1.807, 2.05) is 66.4 Å². The fraction of sp³-hybridized carbons (Fsp3) is 0.148. The van der Waals surface area contributed by atoms with E-state index in [1.165, 1.54) is 0 Å². The van der Waals surface area contributed by atoms with Crippen LogP contribution >= 0.6 is 12.2 Å². The van der Waals surface area contributed by atoms with Crippen LogP contribution in [-0.4, -0.2) is 28.3 Å². The summed E-state index contributed by atoms with van der Waals surface area (Å²) >= 11 is 5.76. The molecule has 0 unspecified atom stereocenters. The number of methoxy groups -OCH3 is 1. The smallest absolute Gasteiger partial charge is 0.335 e. The van der Waals surface area contributed by atoms with Gasteiger partial charge in [-0.25, -0.2) is 4.79 Å². The van der Waals surface area contributed by atoms with Crippen molar-refractivity contribution in [3.63, 3.8) is 0 Å². The predicted octanol–water partition coefficient (Wildman–Crippen LogP) is 5.53. The zero-order chi connectivity index (χ0) is 24.5. The van der Waals surface area contributed by atoms with E-state index >= 15 is 0 Å². The number of nitrogens with zero attached hydrogens (tertiary/aromatic N) is 2. The Balaban J connectivity index is 1.59. The first-order valence-electron chi connectivity index (χ1n) is 11.0. The summed E-state index contributed by atoms with van der Waals surface area (Å²) in [7, 11) is 1.63. The molecule has 1 aliphatic rings. The molecular formula is C27H23N3O4S. The van der Waals surface area contributed by atoms with Crippen LogP contribution in [0.15, 0.2) is 83.4 Å². The molecule has 8 heteroatoms. The van der Waals surface area contributed by atoms with Gasteiger partial charge in [-0.15, -0.1) is 0 Å². The third-order valence-electron chi connectivity index (χ3n) is 6.09. The fourth-order valence-corrected chi connectivity index (χ4v) is 4.76. The largest absolute Gasteiger partial charge is 0.497 e. The molecule has 2 aromatic heterocycles. The number of pyridine rings is 1. The molecule has 0 radical (unpaired) electrons. The number of carboxylic acid groups (broad SMARTS) is 1. The number of thiocarbonyl (C=S) groups is 1. The van der Waals surface area contributed by atoms with Gasteiger partial charge in [0.05, 0.1) is 24.4 Å². The SMILES string of the molecule is COc1cccc(N2C(=S)N[C@H](c3ccccn3)[C@H]2c2ccc(-c3ccc(C(=O)O)cc3C)o2)c1. The second kappa shape index (κ2) is 9.23. The predicted molar refractivity (Wildman–Crippen MR) is 137 cm³/mol. The summed E-state index contributed by atoms with van der Waals surface area (Å²) in [5.74, 6) is 1.11. The highest BCUT2D eigenvalue weighted by atomic mass is 32.1. The molecule has 1 saturated heterocycles. The number of aromatic nitrogens is 1. The Labute approximate surface area is 208 Å². The first-order valence-corrected chi connectivity index (χ1v) is 11.5. The van der Waals surface area contributed by atoms with Gasteiger partial charge in [0.2, 0.25) is 0 Å². The van der Waals surface area contributed by atoms with Gasteiger partial charge < -0.3 is 24.5 Å². The van der Waals surface area contributed by atoms with E-state index < -0.39 is 5.97 Å². The summed E-state index contributed by atoms with van der Waals surface area (Å²) in [4.78, 5) is 17.9. The van der Waals surface area contributed by atoms with E-state index in [2.05, 4.69) is 10.3 Å². The fourth-order valence-electron chi connectivity index (χ4n) is 4.41. The lowest BCUT2D eigenvalue weighted by atomic mass is 10.0. The number of anilines is 1. The minimum atomic E-state index is -0.961. The summed E-state index contributed by atoms with van der Waals surface area (Å²) in [6.07, 6.45) is 1.76. The maximum absolute atomic E-state index is 11.3. The molecule has 35 heavy (non-hydrogen) atoms. The van der Waals surface area contributed by atoms with Crippen molar-refractivity contribution < 1.29 is 19.1 Å². The maximum Gasteiger partial charge on any atom is 0.335 e. The number of hydrogen-bond donors (Lipinski definition) is 2. The van der Waals surface area contributed by atoms with Gasteiger partial charge in [0.1, 0.15) is 23.3 Å². The minimum Gasteiger partial charge on any atom is -0.497 e. The Morgan fingerprint density at radius 3 is 2.69 bits per heavy atom. The average molecular weight is 486 g/mol. The monoisotopic (exact) mass is 485 g/mol. The number of aromatic carboxylic acids is 1. The second-order valence-electron chi connectivity index (χ2n) is 8.23. The lowest BCUT2D eigenvalue weighted by Gasteiger charge is -2.26. The van der Waals surface area contributed by atoms with E-state index in [9.17, 15) is 9.90 Å². The topological polar surface area (TPSA) is 87.8 Å². The highest BCUT2D eigenvalue weighted by Gasteiger charge is 2.42. The van der Waals surface area contributed by atoms with Crippen LogP contribution in [0.5, 0.6) is 5.75 Å². The van der Waals surface area contributed by atoms with E-state index in [4.69, 9.17) is 21.4 Å². The molecule has 176 valence electrons. The molecule has 2 aromatic carbocycles. The van der Waals surface area contributed by atoms with Crippen molar-refractivity contribution in [1.29, 1.82) is 0 Å². The van der Waals surface area contributed by atoms with Gasteiger partial charge in [-0.2, -0.15) is 0 Å². The molecule has 3 heterocycles. The second-order valence-corrected chi connectivity index (χ2v) is 8.62. The standard InChI is InChI=1S/C27H23N3O4S/c1-16-14-17(26(31)32)9-10-20(16)22-11-12-23(34-22)25-24(21-8-3-4-13-28-21)29-27(35)30(25)18-6-5-7-19(15-18)33-2/h3-15,24-25H,1-2H3,(H,29,35)(H,31,32)/t24-,25-/m1/s1. The molecule has 1 fully saturated rings. The van der Waals surface area contributed by atoms with Gasteiger partial charge in [-0.1, -0.05) is 18.2 Å². The Morgan fingerprint density at radius 1 is 1.11 bits per heavy atom. The van der Waals surface area contributed by atoms with Crippen LogP contribution in [0.2, 0.25) is 0 Å². The van der Waals surface area contributed by atoms with Crippen LogP contribution in [0.4, 0.5) is 5.69 Å². The summed E-state index contributed by atoms with van der Waals surface area (Å²) in [6, 6.07) is 21.8. The molecule has 0 aliphatic carbocycles. The molecule has 2 N–H and O–H groups in total. The normalized spacial score (nSPS) is 17.3. The number of ether oxygens (including phenoxy) is 1. The van der Waals surface area contributed by atoms with Crippen LogP contribution in [0.1, 0.15) is 39.5 Å². The Kier molecular flexibility index (Phi) is 5.96. The quantitative estimate of drug-likeness (QED) is 0.345. The van der Waals surface area contributed by atoms with Gasteiger partial charge >= 0.3 is 5.97 Å². The zero-order valence-electron chi connectivity index (χ0n) is 19.1. The highest BCUT2D eigenvalue weighted by Crippen LogP contribution is 2.43. The third kappa shape index (κ3) is 4.24. The Hall–Kier alpha value is -4.17. The van der Waals surface area contributed by atoms with Gasteiger partial charge in [0.25, 0.3) is 0 Å². The first kappa shape index (κ1) is 22.6. The van der Waals surface area contributed by atoms with Gasteiger partial charge in [0.15, 0.2) is 5.11 Å². The summed E-state index contributed by atoms with van der Waals surface area (Å²) in [6.45, 7) is 1.87. The van der Waals surface area contributed by atoms with Crippen LogP contribution in [-0.2, 0) is 0 Å². The maximum atomic E-state index is 11.3. The molecule has 2 atom stereocenters. The minimum absolute atomic E-state index is 0.239. The Morgan fingerprint density at radius 2 is 1.97 bits per heavy atom. The molecule has 4 aromatic rings. The lowest BCUT2D eigenvalue weighted by molar-refractivity contribution is 0.0696. The zero-order valence-corrected chi connectivity index (χ0v) is 20.0. The molecule has 0 bridgehead atoms. The number of nitrogens with one attached hydrogen (secondary N) is 1. The molecule has 0 amide bonds. The van der Waals surface area contributed by atoms with Crippen molar-refractivity contribution in [3.05, 3.63) is 102 Å². The number of rotatable bonds is 6. The first-order chi connectivity index (χ1) is 17.0. The van der Waals surface area contributed by atoms with Crippen LogP contribution < -0.4 is 15.0 Å². The number of carboxylic acids is 1. The summed E-state index contributed by atoms with van der Waals surface area (Å²) < 4.78 is 11.8. The number of aryl methyl sites for hydroxylation is 1. The van der Waals surface area contributed by atoms with E-state index in [1.54, 1.807) is 31.5 Å². The van der Waals surface area contributed by atoms with E-state index in [-0.39, 0.29) is 17.6 Å². The average Bonchev–Trinajstić information content (AvgIpc) is 3.49. The van der Waals surface area contributed by atoms with Crippen molar-refractivity contribution in [2.75, 3.05) is 12.0 Å². The van der Waals surface area contributed by atoms with Crippen LogP contribution in [0.3, 0.4) is 0 Å². The van der Waals surface area contributed by atoms with E-state index in [0.717, 1.165) is 28.3 Å². The summed E-state index contributed by atoms with van der Waals surface area (Å²) in [5, 5.41) is 13.3. The number of benzene rings is 2. The van der Waals surface area contributed by atoms with E-state index in [0.29, 0.717) is 16.6 Å². The molecule has 0 saturated carbocycles. The van der Waals surface area contributed by atoms with Crippen molar-refractivity contribution in [3.8, 4) is 17.1 Å². The lowest BCUT2D eigenvalue weighted by Crippen LogP contribution is -2.29. The van der Waals surface area contributed by atoms with Crippen molar-refractivity contribution >= 4 is 29.0 Å². The van der Waals surface area contributed by atoms with Gasteiger partial charge in [-0.05, 0) is 73.2 Å². The molecule has 1 aliphatic heterocycles. The van der Waals surface area contributed by atoms with Gasteiger partial charge in [0, 0.05) is 23.5 Å². The van der Waals surface area contributed by atoms with Crippen LogP contribution in [0.25, 0.3) is 11.3 Å². The highest BCUT2D eigenvalue weighted by molar-refractivity contribution is 7.80. The van der Waals surface area contributed by atoms with Gasteiger partial charge in [-0.3, -0.25) is 4.98 Å². The van der Waals surface area contributed by atoms with Crippen LogP contribution in [0, 0.1) is 6.92 Å². The number of carbonyl (C=O) groups is 1. The van der Waals surface area contributed by atoms with Crippen molar-refractivity contribution in [2.24, 2.45) is 0 Å².